The minimum absolute atomic E-state index is 0.623. The van der Waals surface area contributed by atoms with Crippen molar-refractivity contribution in [1.29, 1.82) is 0 Å². The first-order valence-electron chi connectivity index (χ1n) is 5.21. The van der Waals surface area contributed by atoms with E-state index in [2.05, 4.69) is 26.2 Å². The maximum atomic E-state index is 5.15. The van der Waals surface area contributed by atoms with Crippen molar-refractivity contribution in [2.45, 2.75) is 18.8 Å². The van der Waals surface area contributed by atoms with Crippen molar-refractivity contribution in [2.75, 3.05) is 20.2 Å². The smallest absolute Gasteiger partial charge is 0.213 e. The number of aromatic nitrogens is 1. The van der Waals surface area contributed by atoms with E-state index in [-0.39, 0.29) is 0 Å². The van der Waals surface area contributed by atoms with Gasteiger partial charge in [0.25, 0.3) is 0 Å². The van der Waals surface area contributed by atoms with Crippen molar-refractivity contribution < 1.29 is 4.74 Å². The molecule has 1 fully saturated rings. The van der Waals surface area contributed by atoms with E-state index in [9.17, 15) is 0 Å². The van der Waals surface area contributed by atoms with Crippen LogP contribution in [0.1, 0.15) is 24.3 Å². The summed E-state index contributed by atoms with van der Waals surface area (Å²) in [6.07, 6.45) is 4.20. The van der Waals surface area contributed by atoms with Crippen molar-refractivity contribution in [1.82, 2.24) is 10.3 Å². The van der Waals surface area contributed by atoms with Gasteiger partial charge in [0.2, 0.25) is 5.88 Å². The first-order valence-corrected chi connectivity index (χ1v) is 6.00. The Balaban J connectivity index is 2.24. The molecular weight excluding hydrogens is 256 g/mol. The molecule has 1 aromatic heterocycles. The van der Waals surface area contributed by atoms with Gasteiger partial charge in [-0.2, -0.15) is 0 Å². The summed E-state index contributed by atoms with van der Waals surface area (Å²) in [7, 11) is 1.66. The summed E-state index contributed by atoms with van der Waals surface area (Å²) in [4.78, 5) is 4.17. The number of methoxy groups -OCH3 is 1. The van der Waals surface area contributed by atoms with Crippen molar-refractivity contribution >= 4 is 15.9 Å². The summed E-state index contributed by atoms with van der Waals surface area (Å²) < 4.78 is 6.25. The largest absolute Gasteiger partial charge is 0.481 e. The average molecular weight is 271 g/mol. The second-order valence-corrected chi connectivity index (χ2v) is 4.63. The van der Waals surface area contributed by atoms with Gasteiger partial charge in [-0.05, 0) is 53.3 Å². The van der Waals surface area contributed by atoms with Crippen LogP contribution in [0.25, 0.3) is 0 Å². The van der Waals surface area contributed by atoms with Crippen LogP contribution >= 0.6 is 15.9 Å². The monoisotopic (exact) mass is 270 g/mol. The lowest BCUT2D eigenvalue weighted by Crippen LogP contribution is -2.26. The van der Waals surface area contributed by atoms with Crippen LogP contribution in [-0.4, -0.2) is 25.2 Å². The maximum Gasteiger partial charge on any atom is 0.213 e. The average Bonchev–Trinajstić information content (AvgIpc) is 2.31. The van der Waals surface area contributed by atoms with Gasteiger partial charge in [-0.1, -0.05) is 0 Å². The molecule has 3 nitrogen and oxygen atoms in total. The van der Waals surface area contributed by atoms with Gasteiger partial charge < -0.3 is 10.1 Å². The molecule has 0 spiro atoms. The Morgan fingerprint density at radius 2 is 2.20 bits per heavy atom. The van der Waals surface area contributed by atoms with Gasteiger partial charge in [0.05, 0.1) is 7.11 Å². The molecule has 0 bridgehead atoms. The van der Waals surface area contributed by atoms with Crippen molar-refractivity contribution in [3.8, 4) is 5.88 Å². The van der Waals surface area contributed by atoms with E-state index < -0.39 is 0 Å². The third-order valence-corrected chi connectivity index (χ3v) is 3.51. The number of piperidine rings is 1. The molecule has 15 heavy (non-hydrogen) atoms. The van der Waals surface area contributed by atoms with Crippen LogP contribution in [0.5, 0.6) is 5.88 Å². The lowest BCUT2D eigenvalue weighted by molar-refractivity contribution is 0.394. The molecule has 0 amide bonds. The molecule has 0 saturated carbocycles. The van der Waals surface area contributed by atoms with Crippen molar-refractivity contribution in [2.24, 2.45) is 0 Å². The number of nitrogens with zero attached hydrogens (tertiary/aromatic N) is 1. The Bertz CT molecular complexity index is 337. The Labute approximate surface area is 98.4 Å². The molecule has 2 heterocycles. The van der Waals surface area contributed by atoms with Crippen LogP contribution in [-0.2, 0) is 0 Å². The predicted molar refractivity (Wildman–Crippen MR) is 63.3 cm³/mol. The Hall–Kier alpha value is -0.610. The molecule has 0 aliphatic carbocycles. The Morgan fingerprint density at radius 3 is 2.87 bits per heavy atom. The number of nitrogens with one attached hydrogen (secondary N) is 1. The second kappa shape index (κ2) is 4.94. The standard InChI is InChI=1S/C11H15BrN2O/c1-15-11-6-9(10(12)7-14-11)8-2-4-13-5-3-8/h6-8,13H,2-5H2,1H3. The number of hydrogen-bond acceptors (Lipinski definition) is 3. The third kappa shape index (κ3) is 2.49. The fourth-order valence-corrected chi connectivity index (χ4v) is 2.53. The minimum atomic E-state index is 0.623. The van der Waals surface area contributed by atoms with Crippen LogP contribution in [0.15, 0.2) is 16.7 Å². The molecule has 4 heteroatoms. The van der Waals surface area contributed by atoms with Crippen LogP contribution in [0, 0.1) is 0 Å². The van der Waals surface area contributed by atoms with E-state index in [1.165, 1.54) is 18.4 Å². The number of ether oxygens (including phenoxy) is 1. The molecular formula is C11H15BrN2O. The van der Waals surface area contributed by atoms with E-state index in [0.717, 1.165) is 17.6 Å². The highest BCUT2D eigenvalue weighted by molar-refractivity contribution is 9.10. The summed E-state index contributed by atoms with van der Waals surface area (Å²) in [5.74, 6) is 1.32. The molecule has 0 unspecified atom stereocenters. The lowest BCUT2D eigenvalue weighted by atomic mass is 9.91. The maximum absolute atomic E-state index is 5.15. The SMILES string of the molecule is COc1cc(C2CCNCC2)c(Br)cn1. The van der Waals surface area contributed by atoms with Crippen LogP contribution in [0.2, 0.25) is 0 Å². The third-order valence-electron chi connectivity index (χ3n) is 2.85. The predicted octanol–water partition coefficient (Wildman–Crippen LogP) is 2.32. The topological polar surface area (TPSA) is 34.1 Å². The number of halogens is 1. The van der Waals surface area contributed by atoms with E-state index in [1.807, 2.05) is 12.3 Å². The van der Waals surface area contributed by atoms with Crippen LogP contribution in [0.3, 0.4) is 0 Å². The molecule has 82 valence electrons. The highest BCUT2D eigenvalue weighted by Gasteiger charge is 2.18. The van der Waals surface area contributed by atoms with E-state index in [4.69, 9.17) is 4.74 Å². The summed E-state index contributed by atoms with van der Waals surface area (Å²) in [5, 5.41) is 3.37. The second-order valence-electron chi connectivity index (χ2n) is 3.77. The van der Waals surface area contributed by atoms with Crippen molar-refractivity contribution in [3.05, 3.63) is 22.3 Å². The van der Waals surface area contributed by atoms with Gasteiger partial charge >= 0.3 is 0 Å². The first kappa shape index (κ1) is 10.9. The molecule has 1 aliphatic rings. The van der Waals surface area contributed by atoms with Gasteiger partial charge in [-0.3, -0.25) is 0 Å². The van der Waals surface area contributed by atoms with Gasteiger partial charge in [0.15, 0.2) is 0 Å². The zero-order chi connectivity index (χ0) is 10.7. The Kier molecular flexibility index (Phi) is 3.59. The van der Waals surface area contributed by atoms with E-state index in [0.29, 0.717) is 11.8 Å². The normalized spacial score (nSPS) is 17.7. The van der Waals surface area contributed by atoms with E-state index in [1.54, 1.807) is 7.11 Å². The first-order chi connectivity index (χ1) is 7.31. The van der Waals surface area contributed by atoms with Gasteiger partial charge in [-0.25, -0.2) is 4.98 Å². The summed E-state index contributed by atoms with van der Waals surface area (Å²) in [6.45, 7) is 2.20. The molecule has 0 atom stereocenters. The van der Waals surface area contributed by atoms with E-state index >= 15 is 0 Å². The fourth-order valence-electron chi connectivity index (χ4n) is 1.99. The molecule has 1 saturated heterocycles. The molecule has 0 radical (unpaired) electrons. The quantitative estimate of drug-likeness (QED) is 0.896. The molecule has 1 aliphatic heterocycles. The highest BCUT2D eigenvalue weighted by atomic mass is 79.9. The number of rotatable bonds is 2. The number of hydrogen-bond donors (Lipinski definition) is 1. The van der Waals surface area contributed by atoms with Crippen molar-refractivity contribution in [3.63, 3.8) is 0 Å². The molecule has 0 aromatic carbocycles. The molecule has 1 N–H and O–H groups in total. The summed E-state index contributed by atoms with van der Waals surface area (Å²) in [6, 6.07) is 2.04. The van der Waals surface area contributed by atoms with Gasteiger partial charge in [0, 0.05) is 16.7 Å². The highest BCUT2D eigenvalue weighted by Crippen LogP contribution is 2.32. The van der Waals surface area contributed by atoms with Crippen LogP contribution in [0.4, 0.5) is 0 Å². The molecule has 1 aromatic rings. The molecule has 2 rings (SSSR count). The minimum Gasteiger partial charge on any atom is -0.481 e. The summed E-state index contributed by atoms with van der Waals surface area (Å²) >= 11 is 3.56. The van der Waals surface area contributed by atoms with Crippen LogP contribution < -0.4 is 10.1 Å². The number of pyridine rings is 1. The van der Waals surface area contributed by atoms with Gasteiger partial charge in [-0.15, -0.1) is 0 Å². The lowest BCUT2D eigenvalue weighted by Gasteiger charge is -2.23. The van der Waals surface area contributed by atoms with Gasteiger partial charge in [0.1, 0.15) is 0 Å². The fraction of sp³-hybridized carbons (Fsp3) is 0.545. The Morgan fingerprint density at radius 1 is 1.47 bits per heavy atom. The zero-order valence-corrected chi connectivity index (χ0v) is 10.4. The zero-order valence-electron chi connectivity index (χ0n) is 8.79. The summed E-state index contributed by atoms with van der Waals surface area (Å²) in [5.41, 5.74) is 1.32.